The Morgan fingerprint density at radius 1 is 1.13 bits per heavy atom. The third-order valence-corrected chi connectivity index (χ3v) is 5.98. The lowest BCUT2D eigenvalue weighted by Gasteiger charge is -2.27. The molecule has 3 aromatic rings. The Labute approximate surface area is 175 Å². The van der Waals surface area contributed by atoms with Gasteiger partial charge in [0, 0.05) is 37.8 Å². The lowest BCUT2D eigenvalue weighted by molar-refractivity contribution is 0.0706. The summed E-state index contributed by atoms with van der Waals surface area (Å²) in [6, 6.07) is 9.76. The van der Waals surface area contributed by atoms with Crippen LogP contribution in [0.1, 0.15) is 51.6 Å². The third-order valence-electron chi connectivity index (χ3n) is 5.98. The summed E-state index contributed by atoms with van der Waals surface area (Å²) in [5, 5.41) is 5.76. The molecule has 1 atom stereocenters. The number of carbonyl (C=O) groups is 2. The van der Waals surface area contributed by atoms with E-state index in [1.54, 1.807) is 24.9 Å². The largest absolute Gasteiger partial charge is 0.361 e. The van der Waals surface area contributed by atoms with Crippen molar-refractivity contribution in [2.45, 2.75) is 39.2 Å². The summed E-state index contributed by atoms with van der Waals surface area (Å²) in [6.45, 7) is 4.80. The van der Waals surface area contributed by atoms with Gasteiger partial charge in [-0.05, 0) is 44.6 Å². The van der Waals surface area contributed by atoms with Gasteiger partial charge < -0.3 is 14.3 Å². The van der Waals surface area contributed by atoms with Crippen molar-refractivity contribution in [1.29, 1.82) is 0 Å². The van der Waals surface area contributed by atoms with Gasteiger partial charge in [-0.3, -0.25) is 14.6 Å². The minimum Gasteiger partial charge on any atom is -0.361 e. The van der Waals surface area contributed by atoms with Crippen LogP contribution in [-0.2, 0) is 0 Å². The minimum atomic E-state index is -0.0812. The van der Waals surface area contributed by atoms with Gasteiger partial charge in [0.1, 0.15) is 17.0 Å². The molecule has 30 heavy (non-hydrogen) atoms. The first-order valence-corrected chi connectivity index (χ1v) is 10.3. The van der Waals surface area contributed by atoms with Crippen molar-refractivity contribution in [3.05, 3.63) is 59.2 Å². The molecule has 0 unspecified atom stereocenters. The molecule has 1 aromatic carbocycles. The summed E-state index contributed by atoms with van der Waals surface area (Å²) in [5.74, 6) is 0.423. The Morgan fingerprint density at radius 2 is 1.93 bits per heavy atom. The molecule has 0 radical (unpaired) electrons. The summed E-state index contributed by atoms with van der Waals surface area (Å²) in [4.78, 5) is 34.2. The van der Waals surface area contributed by atoms with Crippen LogP contribution < -0.4 is 0 Å². The summed E-state index contributed by atoms with van der Waals surface area (Å²) >= 11 is 0. The standard InChI is InChI=1S/C23H26N4O3/c1-15-20(16(2)30-25-15)22(28)27-13-6-8-18(11-14-27)26(3)23(29)21-19-9-5-4-7-17(19)10-12-24-21/h4-5,7,9-10,12,18H,6,8,11,13-14H2,1-3H3/t18-/m0/s1. The molecule has 0 saturated carbocycles. The first kappa shape index (κ1) is 20.1. The molecule has 0 bridgehead atoms. The van der Waals surface area contributed by atoms with Gasteiger partial charge in [-0.25, -0.2) is 0 Å². The van der Waals surface area contributed by atoms with Crippen molar-refractivity contribution < 1.29 is 14.1 Å². The van der Waals surface area contributed by atoms with Crippen LogP contribution in [0.4, 0.5) is 0 Å². The van der Waals surface area contributed by atoms with Crippen LogP contribution in [0.25, 0.3) is 10.8 Å². The van der Waals surface area contributed by atoms with E-state index in [9.17, 15) is 9.59 Å². The molecule has 7 heteroatoms. The Bertz CT molecular complexity index is 1070. The fraction of sp³-hybridized carbons (Fsp3) is 0.391. The van der Waals surface area contributed by atoms with E-state index in [1.165, 1.54) is 0 Å². The maximum Gasteiger partial charge on any atom is 0.273 e. The maximum atomic E-state index is 13.2. The zero-order valence-corrected chi connectivity index (χ0v) is 17.6. The monoisotopic (exact) mass is 406 g/mol. The van der Waals surface area contributed by atoms with Gasteiger partial charge in [-0.2, -0.15) is 0 Å². The van der Waals surface area contributed by atoms with Crippen molar-refractivity contribution in [2.75, 3.05) is 20.1 Å². The molecule has 1 aliphatic rings. The molecule has 4 rings (SSSR count). The number of hydrogen-bond donors (Lipinski definition) is 0. The van der Waals surface area contributed by atoms with Gasteiger partial charge in [-0.1, -0.05) is 29.4 Å². The van der Waals surface area contributed by atoms with E-state index >= 15 is 0 Å². The predicted molar refractivity (Wildman–Crippen MR) is 113 cm³/mol. The van der Waals surface area contributed by atoms with Gasteiger partial charge in [0.2, 0.25) is 0 Å². The lowest BCUT2D eigenvalue weighted by atomic mass is 10.1. The molecule has 0 spiro atoms. The van der Waals surface area contributed by atoms with Crippen LogP contribution in [0, 0.1) is 13.8 Å². The van der Waals surface area contributed by atoms with Gasteiger partial charge in [-0.15, -0.1) is 0 Å². The number of carbonyl (C=O) groups excluding carboxylic acids is 2. The van der Waals surface area contributed by atoms with E-state index in [1.807, 2.05) is 42.3 Å². The van der Waals surface area contributed by atoms with Crippen LogP contribution in [0.2, 0.25) is 0 Å². The fourth-order valence-electron chi connectivity index (χ4n) is 4.24. The zero-order chi connectivity index (χ0) is 21.3. The highest BCUT2D eigenvalue weighted by molar-refractivity contribution is 6.05. The zero-order valence-electron chi connectivity index (χ0n) is 17.6. The van der Waals surface area contributed by atoms with Crippen LogP contribution in [0.5, 0.6) is 0 Å². The molecule has 0 aliphatic carbocycles. The van der Waals surface area contributed by atoms with Crippen LogP contribution in [0.3, 0.4) is 0 Å². The van der Waals surface area contributed by atoms with Crippen molar-refractivity contribution in [3.8, 4) is 0 Å². The summed E-state index contributed by atoms with van der Waals surface area (Å²) in [6.07, 6.45) is 4.08. The highest BCUT2D eigenvalue weighted by Crippen LogP contribution is 2.23. The SMILES string of the molecule is Cc1noc(C)c1C(=O)N1CCC[C@H](N(C)C(=O)c2nccc3ccccc23)CC1. The number of aryl methyl sites for hydroxylation is 2. The summed E-state index contributed by atoms with van der Waals surface area (Å²) in [5.41, 5.74) is 1.65. The van der Waals surface area contributed by atoms with Gasteiger partial charge in [0.15, 0.2) is 0 Å². The van der Waals surface area contributed by atoms with Gasteiger partial charge in [0.25, 0.3) is 11.8 Å². The van der Waals surface area contributed by atoms with E-state index in [0.717, 1.165) is 30.0 Å². The van der Waals surface area contributed by atoms with Gasteiger partial charge >= 0.3 is 0 Å². The Hall–Kier alpha value is -3.22. The Balaban J connectivity index is 1.49. The second kappa shape index (κ2) is 8.26. The first-order chi connectivity index (χ1) is 14.5. The quantitative estimate of drug-likeness (QED) is 0.664. The van der Waals surface area contributed by atoms with Crippen molar-refractivity contribution >= 4 is 22.6 Å². The van der Waals surface area contributed by atoms with Crippen molar-refractivity contribution in [2.24, 2.45) is 0 Å². The van der Waals surface area contributed by atoms with Gasteiger partial charge in [0.05, 0.1) is 5.69 Å². The average molecular weight is 406 g/mol. The Morgan fingerprint density at radius 3 is 2.70 bits per heavy atom. The second-order valence-corrected chi connectivity index (χ2v) is 7.87. The van der Waals surface area contributed by atoms with E-state index in [4.69, 9.17) is 4.52 Å². The first-order valence-electron chi connectivity index (χ1n) is 10.3. The number of pyridine rings is 1. The van der Waals surface area contributed by atoms with Crippen LogP contribution in [0.15, 0.2) is 41.1 Å². The van der Waals surface area contributed by atoms with E-state index in [-0.39, 0.29) is 17.9 Å². The molecule has 1 fully saturated rings. The molecule has 1 aliphatic heterocycles. The van der Waals surface area contributed by atoms with Crippen LogP contribution >= 0.6 is 0 Å². The number of amides is 2. The minimum absolute atomic E-state index is 0.0448. The molecule has 2 aromatic heterocycles. The number of rotatable bonds is 3. The molecule has 3 heterocycles. The highest BCUT2D eigenvalue weighted by atomic mass is 16.5. The molecular formula is C23H26N4O3. The normalized spacial score (nSPS) is 17.0. The molecule has 2 amide bonds. The smallest absolute Gasteiger partial charge is 0.273 e. The number of likely N-dealkylation sites (tertiary alicyclic amines) is 1. The number of aromatic nitrogens is 2. The molecule has 156 valence electrons. The highest BCUT2D eigenvalue weighted by Gasteiger charge is 2.29. The summed E-state index contributed by atoms with van der Waals surface area (Å²) < 4.78 is 5.16. The average Bonchev–Trinajstić information content (AvgIpc) is 2.95. The fourth-order valence-corrected chi connectivity index (χ4v) is 4.24. The third kappa shape index (κ3) is 3.67. The molecule has 1 saturated heterocycles. The van der Waals surface area contributed by atoms with Crippen LogP contribution in [-0.4, -0.2) is 57.9 Å². The number of hydrogen-bond acceptors (Lipinski definition) is 5. The van der Waals surface area contributed by atoms with Crippen molar-refractivity contribution in [3.63, 3.8) is 0 Å². The number of benzene rings is 1. The van der Waals surface area contributed by atoms with E-state index in [2.05, 4.69) is 10.1 Å². The Kier molecular flexibility index (Phi) is 5.53. The second-order valence-electron chi connectivity index (χ2n) is 7.87. The predicted octanol–water partition coefficient (Wildman–Crippen LogP) is 3.61. The number of nitrogens with zero attached hydrogens (tertiary/aromatic N) is 4. The summed E-state index contributed by atoms with van der Waals surface area (Å²) in [7, 11) is 1.84. The maximum absolute atomic E-state index is 13.2. The molecular weight excluding hydrogens is 380 g/mol. The molecule has 0 N–H and O–H groups in total. The van der Waals surface area contributed by atoms with Crippen molar-refractivity contribution in [1.82, 2.24) is 19.9 Å². The van der Waals surface area contributed by atoms with E-state index < -0.39 is 0 Å². The lowest BCUT2D eigenvalue weighted by Crippen LogP contribution is -2.39. The molecule has 7 nitrogen and oxygen atoms in total. The van der Waals surface area contributed by atoms with E-state index in [0.29, 0.717) is 35.8 Å². The number of fused-ring (bicyclic) bond motifs is 1. The topological polar surface area (TPSA) is 79.5 Å².